The van der Waals surface area contributed by atoms with E-state index in [2.05, 4.69) is 0 Å². The standard InChI is InChI=1S/Ba.Co.Fe.Y.Zr. The molecule has 0 saturated carbocycles. The Morgan fingerprint density at radius 1 is 1.00 bits per heavy atom. The molecule has 5 heavy (non-hydrogen) atoms. The summed E-state index contributed by atoms with van der Waals surface area (Å²) in [6.07, 6.45) is 0. The van der Waals surface area contributed by atoms with Crippen molar-refractivity contribution in [3.63, 3.8) is 0 Å². The van der Waals surface area contributed by atoms with E-state index in [1.54, 1.807) is 0 Å². The van der Waals surface area contributed by atoms with Crippen LogP contribution < -0.4 is 0 Å². The molecule has 0 saturated heterocycles. The van der Waals surface area contributed by atoms with Gasteiger partial charge in [0.05, 0.1) is 0 Å². The van der Waals surface area contributed by atoms with Gasteiger partial charge in [-0.15, -0.1) is 0 Å². The van der Waals surface area contributed by atoms with Gasteiger partial charge in [0.15, 0.2) is 0 Å². The minimum absolute atomic E-state index is 0. The fourth-order valence-corrected chi connectivity index (χ4v) is 0. The summed E-state index contributed by atoms with van der Waals surface area (Å²) in [6, 6.07) is 0. The van der Waals surface area contributed by atoms with Gasteiger partial charge in [-0.3, -0.25) is 0 Å². The molecule has 4 radical (unpaired) electrons. The molecule has 0 spiro atoms. The van der Waals surface area contributed by atoms with Crippen LogP contribution >= 0.6 is 0 Å². The van der Waals surface area contributed by atoms with Crippen molar-refractivity contribution in [3.05, 3.63) is 0 Å². The Labute approximate surface area is 137 Å². The predicted octanol–water partition coefficient (Wildman–Crippen LogP) is -0.391. The molecule has 0 aromatic carbocycles. The van der Waals surface area contributed by atoms with Crippen molar-refractivity contribution < 1.29 is 92.8 Å². The third kappa shape index (κ3) is 17.7. The fourth-order valence-electron chi connectivity index (χ4n) is 0. The maximum absolute atomic E-state index is 0. The first kappa shape index (κ1) is 33.6. The molecule has 0 heterocycles. The maximum Gasteiger partial charge on any atom is 0 e. The molecule has 0 unspecified atom stereocenters. The normalized spacial score (nSPS) is 0. The van der Waals surface area contributed by atoms with Gasteiger partial charge < -0.3 is 0 Å². The van der Waals surface area contributed by atoms with Crippen LogP contribution in [0.5, 0.6) is 0 Å². The third-order valence-corrected chi connectivity index (χ3v) is 0. The molecule has 0 aliphatic carbocycles. The zero-order chi connectivity index (χ0) is 0. The van der Waals surface area contributed by atoms with E-state index in [0.29, 0.717) is 0 Å². The maximum atomic E-state index is 0. The van der Waals surface area contributed by atoms with Gasteiger partial charge in [-0.25, -0.2) is 0 Å². The van der Waals surface area contributed by atoms with E-state index < -0.39 is 0 Å². The second-order valence-electron chi connectivity index (χ2n) is 0. The van der Waals surface area contributed by atoms with Gasteiger partial charge in [0.25, 0.3) is 0 Å². The molecule has 0 aromatic heterocycles. The molecule has 0 atom stereocenters. The quantitative estimate of drug-likeness (QED) is 0.458. The average Bonchev–Trinajstić information content (AvgIpc) is 0. The first-order valence-electron chi connectivity index (χ1n) is 0. The molecule has 0 nitrogen and oxygen atoms in total. The fraction of sp³-hybridized carbons (Fsp3) is 0. The minimum atomic E-state index is 0. The zero-order valence-electron chi connectivity index (χ0n) is 2.47. The second-order valence-corrected chi connectivity index (χ2v) is 0. The first-order chi connectivity index (χ1) is 0. The molecule has 5 heteroatoms. The second kappa shape index (κ2) is 23.5. The molecule has 0 rings (SSSR count). The van der Waals surface area contributed by atoms with Crippen molar-refractivity contribution in [2.24, 2.45) is 0 Å². The molecule has 0 aromatic rings. The van der Waals surface area contributed by atoms with Gasteiger partial charge in [-0.1, -0.05) is 0 Å². The van der Waals surface area contributed by atoms with Crippen LogP contribution in [0, 0.1) is 0 Å². The van der Waals surface area contributed by atoms with E-state index >= 15 is 0 Å². The van der Waals surface area contributed by atoms with Crippen LogP contribution in [0.15, 0.2) is 0 Å². The van der Waals surface area contributed by atoms with Gasteiger partial charge in [-0.05, 0) is 0 Å². The zero-order valence-corrected chi connectivity index (χ0v) is 14.4. The molecule has 0 bridgehead atoms. The smallest absolute Gasteiger partial charge is 0 e. The summed E-state index contributed by atoms with van der Waals surface area (Å²) in [4.78, 5) is 0. The summed E-state index contributed by atoms with van der Waals surface area (Å²) in [7, 11) is 0. The molecule has 0 N–H and O–H groups in total. The molecule has 26 valence electrons. The van der Waals surface area contributed by atoms with Crippen LogP contribution in [0.3, 0.4) is 0 Å². The van der Waals surface area contributed by atoms with Crippen molar-refractivity contribution >= 4 is 48.9 Å². The molecular weight excluding hydrogens is 432 g/mol. The van der Waals surface area contributed by atoms with Crippen LogP contribution in [0.25, 0.3) is 0 Å². The predicted molar refractivity (Wildman–Crippen MR) is 5.75 cm³/mol. The Kier molecular flexibility index (Phi) is 158. The number of hydrogen-bond donors (Lipinski definition) is 0. The van der Waals surface area contributed by atoms with Crippen molar-refractivity contribution in [3.8, 4) is 0 Å². The molecule has 0 fully saturated rings. The van der Waals surface area contributed by atoms with E-state index in [4.69, 9.17) is 0 Å². The van der Waals surface area contributed by atoms with E-state index in [0.717, 1.165) is 0 Å². The van der Waals surface area contributed by atoms with E-state index in [1.807, 2.05) is 0 Å². The summed E-state index contributed by atoms with van der Waals surface area (Å²) in [5, 5.41) is 0. The summed E-state index contributed by atoms with van der Waals surface area (Å²) in [6.45, 7) is 0. The van der Waals surface area contributed by atoms with Crippen molar-refractivity contribution in [1.82, 2.24) is 0 Å². The number of rotatable bonds is 0. The van der Waals surface area contributed by atoms with Gasteiger partial charge in [0.2, 0.25) is 0 Å². The SMILES string of the molecule is [Ba].[Co].[Fe].[Y].[Zr]. The molecule has 0 amide bonds. The van der Waals surface area contributed by atoms with Crippen LogP contribution in [0.4, 0.5) is 0 Å². The van der Waals surface area contributed by atoms with E-state index in [-0.39, 0.29) is 142 Å². The molecule has 0 aliphatic heterocycles. The van der Waals surface area contributed by atoms with Gasteiger partial charge in [0.1, 0.15) is 0 Å². The van der Waals surface area contributed by atoms with Gasteiger partial charge in [0, 0.05) is 142 Å². The van der Waals surface area contributed by atoms with Crippen LogP contribution in [0.2, 0.25) is 0 Å². The Morgan fingerprint density at radius 3 is 1.00 bits per heavy atom. The van der Waals surface area contributed by atoms with Crippen molar-refractivity contribution in [2.45, 2.75) is 0 Å². The van der Waals surface area contributed by atoms with Crippen LogP contribution in [-0.4, -0.2) is 48.9 Å². The Balaban J connectivity index is 0. The number of hydrogen-bond acceptors (Lipinski definition) is 0. The van der Waals surface area contributed by atoms with Crippen molar-refractivity contribution in [1.29, 1.82) is 0 Å². The summed E-state index contributed by atoms with van der Waals surface area (Å²) in [5.74, 6) is 0. The largest absolute Gasteiger partial charge is 0 e. The average molecular weight is 432 g/mol. The summed E-state index contributed by atoms with van der Waals surface area (Å²) < 4.78 is 0. The Bertz CT molecular complexity index is 11.6. The first-order valence-corrected chi connectivity index (χ1v) is 0. The Morgan fingerprint density at radius 2 is 1.00 bits per heavy atom. The van der Waals surface area contributed by atoms with Gasteiger partial charge >= 0.3 is 0 Å². The Hall–Kier alpha value is 4.58. The summed E-state index contributed by atoms with van der Waals surface area (Å²) >= 11 is 0. The monoisotopic (exact) mass is 432 g/mol. The van der Waals surface area contributed by atoms with Crippen molar-refractivity contribution in [2.75, 3.05) is 0 Å². The van der Waals surface area contributed by atoms with E-state index in [9.17, 15) is 0 Å². The minimum Gasteiger partial charge on any atom is 0 e. The van der Waals surface area contributed by atoms with E-state index in [1.165, 1.54) is 0 Å². The third-order valence-electron chi connectivity index (χ3n) is 0. The molecular formula is BaCoFeYZr. The topological polar surface area (TPSA) is 0 Å². The van der Waals surface area contributed by atoms with Crippen LogP contribution in [0.1, 0.15) is 0 Å². The summed E-state index contributed by atoms with van der Waals surface area (Å²) in [5.41, 5.74) is 0. The molecule has 0 aliphatic rings. The van der Waals surface area contributed by atoms with Crippen LogP contribution in [-0.2, 0) is 92.8 Å². The van der Waals surface area contributed by atoms with Gasteiger partial charge in [-0.2, -0.15) is 0 Å².